The zero-order chi connectivity index (χ0) is 18.6. The molecular formula is C20H23FN4O. The van der Waals surface area contributed by atoms with Crippen molar-refractivity contribution in [2.45, 2.75) is 25.2 Å². The number of aromatic nitrogens is 1. The highest BCUT2D eigenvalue weighted by atomic mass is 19.1. The smallest absolute Gasteiger partial charge is 0.258 e. The standard InChI is InChI=1S/C20H23FN4O/c1-4-12-8-20(12)10-24-18-14(20)7-11(9-23-18)13-5-6-15(22)16(17(13)21)19(26)25(2)3/h5-7,9,12H,4,8,10,22H2,1-3H3,(H,23,24)/t12-,20+/m0/s1. The lowest BCUT2D eigenvalue weighted by Crippen LogP contribution is -2.24. The minimum absolute atomic E-state index is 0.0845. The van der Waals surface area contributed by atoms with Crippen molar-refractivity contribution < 1.29 is 9.18 Å². The SMILES string of the molecule is CC[C@H]1C[C@@]12CNc1ncc(-c3ccc(N)c(C(=O)N(C)C)c3F)cc12. The second-order valence-corrected chi connectivity index (χ2v) is 7.53. The van der Waals surface area contributed by atoms with Gasteiger partial charge in [0.1, 0.15) is 11.6 Å². The molecule has 136 valence electrons. The molecule has 1 spiro atoms. The number of nitrogens with zero attached hydrogens (tertiary/aromatic N) is 2. The van der Waals surface area contributed by atoms with Crippen LogP contribution in [0.4, 0.5) is 15.9 Å². The second kappa shape index (κ2) is 5.69. The van der Waals surface area contributed by atoms with Crippen LogP contribution in [0.1, 0.15) is 35.7 Å². The number of rotatable bonds is 3. The van der Waals surface area contributed by atoms with Crippen molar-refractivity contribution in [3.63, 3.8) is 0 Å². The number of nitrogens with two attached hydrogens (primary N) is 1. The fourth-order valence-electron chi connectivity index (χ4n) is 4.19. The molecule has 1 saturated carbocycles. The molecule has 1 aliphatic carbocycles. The topological polar surface area (TPSA) is 71.2 Å². The van der Waals surface area contributed by atoms with E-state index >= 15 is 4.39 Å². The van der Waals surface area contributed by atoms with E-state index in [1.54, 1.807) is 32.4 Å². The van der Waals surface area contributed by atoms with E-state index in [4.69, 9.17) is 5.73 Å². The Morgan fingerprint density at radius 1 is 1.46 bits per heavy atom. The van der Waals surface area contributed by atoms with Gasteiger partial charge in [-0.05, 0) is 30.5 Å². The van der Waals surface area contributed by atoms with Gasteiger partial charge < -0.3 is 16.0 Å². The number of halogens is 1. The molecule has 1 fully saturated rings. The molecule has 0 unspecified atom stereocenters. The lowest BCUT2D eigenvalue weighted by atomic mass is 9.93. The van der Waals surface area contributed by atoms with Gasteiger partial charge in [0.05, 0.1) is 5.56 Å². The summed E-state index contributed by atoms with van der Waals surface area (Å²) in [6, 6.07) is 5.23. The molecule has 2 atom stereocenters. The summed E-state index contributed by atoms with van der Waals surface area (Å²) >= 11 is 0. The van der Waals surface area contributed by atoms with Gasteiger partial charge in [0.2, 0.25) is 0 Å². The van der Waals surface area contributed by atoms with Gasteiger partial charge in [-0.25, -0.2) is 9.37 Å². The number of benzene rings is 1. The predicted molar refractivity (Wildman–Crippen MR) is 101 cm³/mol. The number of pyridine rings is 1. The van der Waals surface area contributed by atoms with Gasteiger partial charge in [-0.15, -0.1) is 0 Å². The van der Waals surface area contributed by atoms with Crippen molar-refractivity contribution in [1.29, 1.82) is 0 Å². The maximum atomic E-state index is 15.2. The van der Waals surface area contributed by atoms with E-state index in [-0.39, 0.29) is 16.7 Å². The van der Waals surface area contributed by atoms with Crippen LogP contribution in [0.2, 0.25) is 0 Å². The molecule has 0 bridgehead atoms. The number of hydrogen-bond donors (Lipinski definition) is 2. The van der Waals surface area contributed by atoms with Gasteiger partial charge in [0.25, 0.3) is 5.91 Å². The predicted octanol–water partition coefficient (Wildman–Crippen LogP) is 3.26. The van der Waals surface area contributed by atoms with Crippen LogP contribution in [-0.4, -0.2) is 36.4 Å². The molecular weight excluding hydrogens is 331 g/mol. The largest absolute Gasteiger partial charge is 0.398 e. The maximum Gasteiger partial charge on any atom is 0.258 e. The second-order valence-electron chi connectivity index (χ2n) is 7.53. The van der Waals surface area contributed by atoms with Crippen molar-refractivity contribution in [3.8, 4) is 11.1 Å². The van der Waals surface area contributed by atoms with Gasteiger partial charge in [-0.3, -0.25) is 4.79 Å². The fraction of sp³-hybridized carbons (Fsp3) is 0.400. The maximum absolute atomic E-state index is 15.2. The third-order valence-corrected chi connectivity index (χ3v) is 5.83. The summed E-state index contributed by atoms with van der Waals surface area (Å²) in [6.07, 6.45) is 3.93. The van der Waals surface area contributed by atoms with Gasteiger partial charge in [0, 0.05) is 54.6 Å². The molecule has 1 aromatic carbocycles. The van der Waals surface area contributed by atoms with Crippen LogP contribution < -0.4 is 11.1 Å². The Bertz CT molecular complexity index is 911. The Kier molecular flexibility index (Phi) is 3.68. The van der Waals surface area contributed by atoms with E-state index in [2.05, 4.69) is 17.2 Å². The normalized spacial score (nSPS) is 22.8. The van der Waals surface area contributed by atoms with Crippen molar-refractivity contribution in [2.75, 3.05) is 31.7 Å². The van der Waals surface area contributed by atoms with Gasteiger partial charge >= 0.3 is 0 Å². The Hall–Kier alpha value is -2.63. The highest BCUT2D eigenvalue weighted by Crippen LogP contribution is 2.60. The molecule has 0 saturated heterocycles. The summed E-state index contributed by atoms with van der Waals surface area (Å²) in [5.41, 5.74) is 8.27. The van der Waals surface area contributed by atoms with Crippen LogP contribution in [0, 0.1) is 11.7 Å². The first-order chi connectivity index (χ1) is 12.4. The zero-order valence-corrected chi connectivity index (χ0v) is 15.3. The molecule has 0 radical (unpaired) electrons. The Morgan fingerprint density at radius 3 is 2.88 bits per heavy atom. The van der Waals surface area contributed by atoms with Crippen molar-refractivity contribution in [1.82, 2.24) is 9.88 Å². The number of amides is 1. The van der Waals surface area contributed by atoms with Crippen LogP contribution >= 0.6 is 0 Å². The average Bonchev–Trinajstić information content (AvgIpc) is 3.22. The van der Waals surface area contributed by atoms with Crippen LogP contribution in [0.5, 0.6) is 0 Å². The number of nitrogens with one attached hydrogen (secondary N) is 1. The average molecular weight is 354 g/mol. The molecule has 6 heteroatoms. The first-order valence-corrected chi connectivity index (χ1v) is 8.93. The molecule has 1 aliphatic heterocycles. The number of carbonyl (C=O) groups is 1. The highest BCUT2D eigenvalue weighted by molar-refractivity contribution is 6.00. The van der Waals surface area contributed by atoms with Crippen LogP contribution in [0.3, 0.4) is 0 Å². The molecule has 1 amide bonds. The van der Waals surface area contributed by atoms with Crippen LogP contribution in [0.15, 0.2) is 24.4 Å². The van der Waals surface area contributed by atoms with Crippen molar-refractivity contribution in [3.05, 3.63) is 41.3 Å². The molecule has 2 aliphatic rings. The summed E-state index contributed by atoms with van der Waals surface area (Å²) in [6.45, 7) is 3.10. The summed E-state index contributed by atoms with van der Waals surface area (Å²) in [7, 11) is 3.16. The Morgan fingerprint density at radius 2 is 2.23 bits per heavy atom. The van der Waals surface area contributed by atoms with Gasteiger partial charge in [0.15, 0.2) is 0 Å². The first-order valence-electron chi connectivity index (χ1n) is 8.93. The molecule has 5 nitrogen and oxygen atoms in total. The molecule has 4 rings (SSSR count). The number of carbonyl (C=O) groups excluding carboxylic acids is 1. The van der Waals surface area contributed by atoms with E-state index in [0.29, 0.717) is 17.0 Å². The lowest BCUT2D eigenvalue weighted by Gasteiger charge is -2.16. The monoisotopic (exact) mass is 354 g/mol. The summed E-state index contributed by atoms with van der Waals surface area (Å²) in [5, 5.41) is 3.38. The molecule has 1 aromatic heterocycles. The van der Waals surface area contributed by atoms with E-state index < -0.39 is 11.7 Å². The van der Waals surface area contributed by atoms with E-state index in [0.717, 1.165) is 25.2 Å². The third-order valence-electron chi connectivity index (χ3n) is 5.83. The molecule has 26 heavy (non-hydrogen) atoms. The zero-order valence-electron chi connectivity index (χ0n) is 15.3. The van der Waals surface area contributed by atoms with E-state index in [1.807, 2.05) is 6.07 Å². The van der Waals surface area contributed by atoms with Crippen molar-refractivity contribution in [2.24, 2.45) is 5.92 Å². The molecule has 2 heterocycles. The summed E-state index contributed by atoms with van der Waals surface area (Å²) < 4.78 is 15.2. The first kappa shape index (κ1) is 16.8. The minimum Gasteiger partial charge on any atom is -0.398 e. The Labute approximate surface area is 152 Å². The number of nitrogen functional groups attached to an aromatic ring is 1. The van der Waals surface area contributed by atoms with Gasteiger partial charge in [-0.2, -0.15) is 0 Å². The molecule has 3 N–H and O–H groups in total. The van der Waals surface area contributed by atoms with E-state index in [9.17, 15) is 4.79 Å². The Balaban J connectivity index is 1.81. The van der Waals surface area contributed by atoms with E-state index in [1.165, 1.54) is 10.5 Å². The van der Waals surface area contributed by atoms with Gasteiger partial charge in [-0.1, -0.05) is 13.3 Å². The summed E-state index contributed by atoms with van der Waals surface area (Å²) in [5.74, 6) is 0.510. The quantitative estimate of drug-likeness (QED) is 0.830. The lowest BCUT2D eigenvalue weighted by molar-refractivity contribution is 0.0824. The van der Waals surface area contributed by atoms with Crippen molar-refractivity contribution >= 4 is 17.4 Å². The van der Waals surface area contributed by atoms with Crippen LogP contribution in [0.25, 0.3) is 11.1 Å². The third kappa shape index (κ3) is 2.28. The fourth-order valence-corrected chi connectivity index (χ4v) is 4.19. The minimum atomic E-state index is -0.590. The molecule has 2 aromatic rings. The highest BCUT2D eigenvalue weighted by Gasteiger charge is 2.57. The number of hydrogen-bond acceptors (Lipinski definition) is 4. The van der Waals surface area contributed by atoms with Crippen LogP contribution in [-0.2, 0) is 5.41 Å². The number of fused-ring (bicyclic) bond motifs is 2. The summed E-state index contributed by atoms with van der Waals surface area (Å²) in [4.78, 5) is 18.2. The number of anilines is 2.